The van der Waals surface area contributed by atoms with E-state index in [1.54, 1.807) is 24.3 Å². The highest BCUT2D eigenvalue weighted by Crippen LogP contribution is 2.47. The highest BCUT2D eigenvalue weighted by atomic mass is 32.2. The summed E-state index contributed by atoms with van der Waals surface area (Å²) in [4.78, 5) is 62.0. The first-order valence-corrected chi connectivity index (χ1v) is 19.0. The number of halogens is 3. The highest BCUT2D eigenvalue weighted by molar-refractivity contribution is 7.89. The molecule has 1 heterocycles. The van der Waals surface area contributed by atoms with Crippen molar-refractivity contribution in [2.24, 2.45) is 16.8 Å². The number of alkyl halides is 3. The van der Waals surface area contributed by atoms with Gasteiger partial charge in [0.2, 0.25) is 27.7 Å². The first-order valence-electron chi connectivity index (χ1n) is 17.4. The Morgan fingerprint density at radius 1 is 0.796 bits per heavy atom. The average Bonchev–Trinajstić information content (AvgIpc) is 3.78. The van der Waals surface area contributed by atoms with Gasteiger partial charge < -0.3 is 27.0 Å². The zero-order valence-electron chi connectivity index (χ0n) is 29.1. The largest absolute Gasteiger partial charge is 0.416 e. The van der Waals surface area contributed by atoms with Crippen LogP contribution in [0.5, 0.6) is 0 Å². The van der Waals surface area contributed by atoms with Crippen molar-refractivity contribution >= 4 is 45.2 Å². The summed E-state index contributed by atoms with van der Waals surface area (Å²) in [6, 6.07) is 14.5. The summed E-state index contributed by atoms with van der Waals surface area (Å²) >= 11 is 0. The van der Waals surface area contributed by atoms with Crippen molar-refractivity contribution in [2.45, 2.75) is 80.4 Å². The number of hydrogen-bond acceptors (Lipinski definition) is 7. The summed E-state index contributed by atoms with van der Waals surface area (Å²) in [5.41, 5.74) is 4.50. The normalized spacial score (nSPS) is 19.8. The molecule has 1 aliphatic heterocycles. The third kappa shape index (κ3) is 9.82. The molecule has 3 aromatic carbocycles. The molecule has 2 fully saturated rings. The molecule has 13 nitrogen and oxygen atoms in total. The molecule has 0 bridgehead atoms. The van der Waals surface area contributed by atoms with Gasteiger partial charge in [-0.3, -0.25) is 24.0 Å². The van der Waals surface area contributed by atoms with Gasteiger partial charge in [0.1, 0.15) is 0 Å². The Bertz CT molecular complexity index is 2000. The Labute approximate surface area is 309 Å². The summed E-state index contributed by atoms with van der Waals surface area (Å²) < 4.78 is 64.4. The molecule has 8 N–H and O–H groups in total. The Morgan fingerprint density at radius 3 is 1.94 bits per heavy atom. The van der Waals surface area contributed by atoms with Gasteiger partial charge in [0.05, 0.1) is 34.2 Å². The van der Waals surface area contributed by atoms with Crippen LogP contribution in [0.25, 0.3) is 0 Å². The smallest absolute Gasteiger partial charge is 0.366 e. The van der Waals surface area contributed by atoms with Gasteiger partial charge in [0, 0.05) is 23.2 Å². The van der Waals surface area contributed by atoms with Gasteiger partial charge in [0.15, 0.2) is 0 Å². The predicted octanol–water partition coefficient (Wildman–Crippen LogP) is 3.95. The second-order valence-electron chi connectivity index (χ2n) is 13.5. The number of nitrogens with one attached hydrogen (secondary N) is 4. The maximum atomic E-state index is 13.8. The fraction of sp³-hybridized carbons (Fsp3) is 0.378. The monoisotopic (exact) mass is 770 g/mol. The van der Waals surface area contributed by atoms with Gasteiger partial charge in [-0.25, -0.2) is 13.6 Å². The summed E-state index contributed by atoms with van der Waals surface area (Å²) in [6.07, 6.45) is 1.07. The molecule has 6 rings (SSSR count). The molecule has 3 atom stereocenters. The van der Waals surface area contributed by atoms with Crippen LogP contribution < -0.4 is 32.1 Å². The Balaban J connectivity index is 0.000000546. The SMILES string of the molecule is NC(=O)c1ccccc1.NS(=O)(=O)c1ccc(C(=O)N[C@H]2CCCC[C@H]2NC(=O)CNC(=O)c2cc(C(F)(F)F)cc3c2NC(=O)C3C2CCCC2)cc1. The zero-order valence-corrected chi connectivity index (χ0v) is 29.9. The fourth-order valence-corrected chi connectivity index (χ4v) is 7.65. The lowest BCUT2D eigenvalue weighted by molar-refractivity contribution is -0.137. The lowest BCUT2D eigenvalue weighted by Gasteiger charge is -2.33. The summed E-state index contributed by atoms with van der Waals surface area (Å²) in [6.45, 7) is -0.546. The number of nitrogens with two attached hydrogens (primary N) is 2. The van der Waals surface area contributed by atoms with Crippen LogP contribution in [0.3, 0.4) is 0 Å². The number of amides is 5. The molecule has 0 saturated heterocycles. The fourth-order valence-electron chi connectivity index (χ4n) is 7.13. The van der Waals surface area contributed by atoms with Crippen LogP contribution in [0, 0.1) is 5.92 Å². The van der Waals surface area contributed by atoms with Gasteiger partial charge in [0.25, 0.3) is 11.8 Å². The predicted molar refractivity (Wildman–Crippen MR) is 192 cm³/mol. The van der Waals surface area contributed by atoms with Gasteiger partial charge in [-0.15, -0.1) is 0 Å². The van der Waals surface area contributed by atoms with E-state index in [1.165, 1.54) is 24.3 Å². The number of primary amides is 1. The number of benzene rings is 3. The van der Waals surface area contributed by atoms with Crippen LogP contribution in [0.15, 0.2) is 71.6 Å². The minimum absolute atomic E-state index is 0.0370. The third-order valence-corrected chi connectivity index (χ3v) is 10.7. The molecule has 54 heavy (non-hydrogen) atoms. The van der Waals surface area contributed by atoms with E-state index in [-0.39, 0.29) is 39.1 Å². The molecule has 0 spiro atoms. The lowest BCUT2D eigenvalue weighted by Crippen LogP contribution is -2.54. The second kappa shape index (κ2) is 16.8. The minimum atomic E-state index is -4.75. The second-order valence-corrected chi connectivity index (χ2v) is 15.1. The van der Waals surface area contributed by atoms with E-state index in [2.05, 4.69) is 21.3 Å². The molecule has 17 heteroatoms. The van der Waals surface area contributed by atoms with E-state index in [9.17, 15) is 45.6 Å². The molecule has 0 radical (unpaired) electrons. The van der Waals surface area contributed by atoms with Crippen LogP contribution in [0.1, 0.15) is 99.5 Å². The molecule has 0 aromatic heterocycles. The average molecular weight is 771 g/mol. The quantitative estimate of drug-likeness (QED) is 0.188. The number of primary sulfonamides is 1. The minimum Gasteiger partial charge on any atom is -0.366 e. The molecular formula is C37H41F3N6O7S. The van der Waals surface area contributed by atoms with E-state index in [1.807, 2.05) is 6.07 Å². The number of hydrogen-bond donors (Lipinski definition) is 6. The van der Waals surface area contributed by atoms with Crippen molar-refractivity contribution < 1.29 is 45.6 Å². The van der Waals surface area contributed by atoms with Crippen molar-refractivity contribution in [1.82, 2.24) is 16.0 Å². The Morgan fingerprint density at radius 2 is 1.39 bits per heavy atom. The molecule has 288 valence electrons. The lowest BCUT2D eigenvalue weighted by atomic mass is 9.84. The molecule has 2 aliphatic carbocycles. The van der Waals surface area contributed by atoms with E-state index in [0.29, 0.717) is 37.3 Å². The molecule has 1 unspecified atom stereocenters. The molecule has 3 aromatic rings. The molecule has 5 amide bonds. The molecule has 2 saturated carbocycles. The zero-order chi connectivity index (χ0) is 39.2. The van der Waals surface area contributed by atoms with E-state index in [0.717, 1.165) is 31.7 Å². The van der Waals surface area contributed by atoms with Crippen LogP contribution >= 0.6 is 0 Å². The number of rotatable bonds is 9. The number of sulfonamides is 1. The van der Waals surface area contributed by atoms with Crippen molar-refractivity contribution in [3.8, 4) is 0 Å². The van der Waals surface area contributed by atoms with E-state index in [4.69, 9.17) is 10.9 Å². The maximum Gasteiger partial charge on any atom is 0.416 e. The van der Waals surface area contributed by atoms with Gasteiger partial charge in [-0.05, 0) is 85.7 Å². The number of carbonyl (C=O) groups is 5. The maximum absolute atomic E-state index is 13.8. The van der Waals surface area contributed by atoms with Crippen LogP contribution in [-0.4, -0.2) is 56.6 Å². The van der Waals surface area contributed by atoms with Crippen LogP contribution in [0.4, 0.5) is 18.9 Å². The highest BCUT2D eigenvalue weighted by Gasteiger charge is 2.43. The first kappa shape index (κ1) is 39.9. The number of carbonyl (C=O) groups excluding carboxylic acids is 5. The third-order valence-electron chi connectivity index (χ3n) is 9.82. The van der Waals surface area contributed by atoms with Gasteiger partial charge in [-0.2, -0.15) is 13.2 Å². The Kier molecular flexibility index (Phi) is 12.4. The first-order chi connectivity index (χ1) is 25.5. The topological polar surface area (TPSA) is 220 Å². The summed E-state index contributed by atoms with van der Waals surface area (Å²) in [5, 5.41) is 15.7. The van der Waals surface area contributed by atoms with Crippen LogP contribution in [0.2, 0.25) is 0 Å². The summed E-state index contributed by atoms with van der Waals surface area (Å²) in [7, 11) is -3.92. The standard InChI is InChI=1S/C30H34F3N5O6S.C7H7NO/c31-30(32,33)18-13-20-25(16-5-1-2-6-16)29(42)38-26(20)21(14-18)28(41)35-15-24(39)36-22-7-3-4-8-23(22)37-27(40)17-9-11-19(12-10-17)45(34,43)44;8-7(9)6-4-2-1-3-5-6/h9-14,16,22-23,25H,1-8,15H2,(H,35,41)(H,36,39)(H,37,40)(H,38,42)(H2,34,43,44);1-5H,(H2,8,9)/t22-,23+,25?;/m1./s1. The summed E-state index contributed by atoms with van der Waals surface area (Å²) in [5.74, 6) is -3.72. The van der Waals surface area contributed by atoms with E-state index < -0.39 is 69.9 Å². The van der Waals surface area contributed by atoms with Crippen molar-refractivity contribution in [3.63, 3.8) is 0 Å². The van der Waals surface area contributed by atoms with Crippen molar-refractivity contribution in [1.29, 1.82) is 0 Å². The van der Waals surface area contributed by atoms with E-state index >= 15 is 0 Å². The van der Waals surface area contributed by atoms with Gasteiger partial charge in [-0.1, -0.05) is 43.9 Å². The molecular weight excluding hydrogens is 730 g/mol. The number of anilines is 1. The van der Waals surface area contributed by atoms with Crippen molar-refractivity contribution in [2.75, 3.05) is 11.9 Å². The number of fused-ring (bicyclic) bond motifs is 1. The van der Waals surface area contributed by atoms with Crippen molar-refractivity contribution in [3.05, 3.63) is 94.5 Å². The van der Waals surface area contributed by atoms with Gasteiger partial charge >= 0.3 is 6.18 Å². The van der Waals surface area contributed by atoms with Crippen LogP contribution in [-0.2, 0) is 25.8 Å². The Hall–Kier alpha value is -5.29. The molecule has 3 aliphatic rings.